The zero-order chi connectivity index (χ0) is 10.8. The summed E-state index contributed by atoms with van der Waals surface area (Å²) in [7, 11) is 0. The van der Waals surface area contributed by atoms with Crippen LogP contribution in [0.1, 0.15) is 13.8 Å². The van der Waals surface area contributed by atoms with Crippen LogP contribution in [0.3, 0.4) is 0 Å². The molecule has 0 fully saturated rings. The van der Waals surface area contributed by atoms with Crippen molar-refractivity contribution in [1.29, 1.82) is 0 Å². The molecule has 1 aliphatic rings. The van der Waals surface area contributed by atoms with E-state index in [1.807, 2.05) is 13.8 Å². The zero-order valence-electron chi connectivity index (χ0n) is 8.40. The quantitative estimate of drug-likeness (QED) is 0.612. The molecule has 1 aliphatic heterocycles. The highest BCUT2D eigenvalue weighted by atomic mass is 16.7. The highest BCUT2D eigenvalue weighted by Gasteiger charge is 2.32. The van der Waals surface area contributed by atoms with Gasteiger partial charge in [-0.05, 0) is 13.8 Å². The fourth-order valence-electron chi connectivity index (χ4n) is 1.15. The molecule has 0 atom stereocenters. The minimum Gasteiger partial charge on any atom is -0.368 e. The van der Waals surface area contributed by atoms with Gasteiger partial charge in [-0.3, -0.25) is 4.84 Å². The van der Waals surface area contributed by atoms with Crippen LogP contribution in [0.4, 0.5) is 0 Å². The average molecular weight is 197 g/mol. The fourth-order valence-corrected chi connectivity index (χ4v) is 1.15. The highest BCUT2D eigenvalue weighted by molar-refractivity contribution is 5.95. The monoisotopic (exact) mass is 197 g/mol. The second-order valence-electron chi connectivity index (χ2n) is 3.31. The van der Waals surface area contributed by atoms with Crippen LogP contribution in [0.15, 0.2) is 22.6 Å². The summed E-state index contributed by atoms with van der Waals surface area (Å²) in [5.41, 5.74) is 10.5. The molecule has 0 saturated heterocycles. The van der Waals surface area contributed by atoms with Gasteiger partial charge in [-0.15, -0.1) is 6.58 Å². The van der Waals surface area contributed by atoms with Crippen molar-refractivity contribution in [2.24, 2.45) is 21.5 Å². The Morgan fingerprint density at radius 2 is 2.21 bits per heavy atom. The van der Waals surface area contributed by atoms with Gasteiger partial charge in [0.1, 0.15) is 0 Å². The van der Waals surface area contributed by atoms with Crippen LogP contribution in [0.25, 0.3) is 0 Å². The summed E-state index contributed by atoms with van der Waals surface area (Å²) in [6, 6.07) is 0. The molecule has 0 aromatic carbocycles. The summed E-state index contributed by atoms with van der Waals surface area (Å²) >= 11 is 0. The summed E-state index contributed by atoms with van der Waals surface area (Å²) in [5, 5.41) is 1.41. The highest BCUT2D eigenvalue weighted by Crippen LogP contribution is 2.19. The van der Waals surface area contributed by atoms with Gasteiger partial charge in [0.25, 0.3) is 0 Å². The Morgan fingerprint density at radius 1 is 1.57 bits per heavy atom. The predicted octanol–water partition coefficient (Wildman–Crippen LogP) is -0.215. The van der Waals surface area contributed by atoms with E-state index in [2.05, 4.69) is 16.6 Å². The molecule has 78 valence electrons. The van der Waals surface area contributed by atoms with Crippen LogP contribution in [-0.4, -0.2) is 29.3 Å². The molecule has 0 saturated carbocycles. The molecule has 0 bridgehead atoms. The largest absolute Gasteiger partial charge is 0.368 e. The summed E-state index contributed by atoms with van der Waals surface area (Å²) in [4.78, 5) is 13.2. The van der Waals surface area contributed by atoms with Gasteiger partial charge in [-0.2, -0.15) is 10.1 Å². The van der Waals surface area contributed by atoms with Crippen molar-refractivity contribution < 1.29 is 4.84 Å². The Kier molecular flexibility index (Phi) is 2.76. The SMILES string of the molecule is C=CCON1C(N)=NC(N)=NC1(C)C. The molecule has 1 heterocycles. The van der Waals surface area contributed by atoms with Gasteiger partial charge in [0.05, 0.1) is 6.61 Å². The average Bonchev–Trinajstić information content (AvgIpc) is 2.00. The molecule has 0 aromatic rings. The minimum absolute atomic E-state index is 0.158. The smallest absolute Gasteiger partial charge is 0.226 e. The number of guanidine groups is 2. The lowest BCUT2D eigenvalue weighted by Crippen LogP contribution is -2.53. The van der Waals surface area contributed by atoms with Crippen molar-refractivity contribution in [2.45, 2.75) is 19.5 Å². The Morgan fingerprint density at radius 3 is 2.71 bits per heavy atom. The molecule has 14 heavy (non-hydrogen) atoms. The summed E-state index contributed by atoms with van der Waals surface area (Å²) in [5.74, 6) is 0.357. The van der Waals surface area contributed by atoms with E-state index >= 15 is 0 Å². The van der Waals surface area contributed by atoms with Crippen molar-refractivity contribution in [3.63, 3.8) is 0 Å². The lowest BCUT2D eigenvalue weighted by Gasteiger charge is -2.36. The van der Waals surface area contributed by atoms with Crippen molar-refractivity contribution in [1.82, 2.24) is 5.06 Å². The van der Waals surface area contributed by atoms with Gasteiger partial charge in [-0.25, -0.2) is 4.99 Å². The number of aliphatic imine (C=N–C) groups is 2. The number of hydroxylamine groups is 2. The first kappa shape index (κ1) is 10.5. The van der Waals surface area contributed by atoms with E-state index in [1.165, 1.54) is 5.06 Å². The number of nitrogens with zero attached hydrogens (tertiary/aromatic N) is 3. The molecule has 0 aromatic heterocycles. The maximum atomic E-state index is 5.64. The molecule has 0 amide bonds. The standard InChI is InChI=1S/C8H15N5O/c1-4-5-14-13-7(10)11-6(9)12-8(13,2)3/h4H,1,5H2,2-3H3,(H4,9,10,11,12). The van der Waals surface area contributed by atoms with E-state index in [0.29, 0.717) is 6.61 Å². The molecule has 0 unspecified atom stereocenters. The van der Waals surface area contributed by atoms with Gasteiger partial charge < -0.3 is 11.5 Å². The topological polar surface area (TPSA) is 89.2 Å². The predicted molar refractivity (Wildman–Crippen MR) is 55.3 cm³/mol. The minimum atomic E-state index is -0.640. The first-order valence-corrected chi connectivity index (χ1v) is 4.21. The van der Waals surface area contributed by atoms with Crippen LogP contribution in [0.2, 0.25) is 0 Å². The molecule has 4 N–H and O–H groups in total. The number of hydrogen-bond donors (Lipinski definition) is 2. The Bertz CT molecular complexity index is 294. The number of hydrogen-bond acceptors (Lipinski definition) is 6. The van der Waals surface area contributed by atoms with Crippen molar-refractivity contribution in [3.05, 3.63) is 12.7 Å². The normalized spacial score (nSPS) is 20.0. The molecule has 0 spiro atoms. The van der Waals surface area contributed by atoms with E-state index in [9.17, 15) is 0 Å². The third kappa shape index (κ3) is 2.02. The van der Waals surface area contributed by atoms with Crippen LogP contribution in [0.5, 0.6) is 0 Å². The van der Waals surface area contributed by atoms with E-state index in [4.69, 9.17) is 16.3 Å². The van der Waals surface area contributed by atoms with E-state index < -0.39 is 5.66 Å². The maximum absolute atomic E-state index is 5.64. The first-order valence-electron chi connectivity index (χ1n) is 4.21. The second kappa shape index (κ2) is 3.67. The molecule has 0 radical (unpaired) electrons. The van der Waals surface area contributed by atoms with Crippen molar-refractivity contribution >= 4 is 11.9 Å². The molecular formula is C8H15N5O. The maximum Gasteiger partial charge on any atom is 0.226 e. The van der Waals surface area contributed by atoms with Crippen LogP contribution >= 0.6 is 0 Å². The number of rotatable bonds is 3. The van der Waals surface area contributed by atoms with E-state index in [0.717, 1.165) is 0 Å². The van der Waals surface area contributed by atoms with Gasteiger partial charge >= 0.3 is 0 Å². The third-order valence-corrected chi connectivity index (χ3v) is 1.64. The Labute approximate surface area is 82.9 Å². The number of nitrogens with two attached hydrogens (primary N) is 2. The molecule has 1 rings (SSSR count). The van der Waals surface area contributed by atoms with Crippen LogP contribution in [-0.2, 0) is 4.84 Å². The van der Waals surface area contributed by atoms with Crippen LogP contribution < -0.4 is 11.5 Å². The van der Waals surface area contributed by atoms with Gasteiger partial charge in [0.15, 0.2) is 5.66 Å². The molecule has 6 nitrogen and oxygen atoms in total. The van der Waals surface area contributed by atoms with Gasteiger partial charge in [-0.1, -0.05) is 6.08 Å². The van der Waals surface area contributed by atoms with Gasteiger partial charge in [0.2, 0.25) is 11.9 Å². The fraction of sp³-hybridized carbons (Fsp3) is 0.500. The first-order chi connectivity index (χ1) is 6.47. The summed E-state index contributed by atoms with van der Waals surface area (Å²) in [6.07, 6.45) is 1.62. The van der Waals surface area contributed by atoms with Crippen molar-refractivity contribution in [3.8, 4) is 0 Å². The zero-order valence-corrected chi connectivity index (χ0v) is 8.40. The summed E-state index contributed by atoms with van der Waals surface area (Å²) < 4.78 is 0. The summed E-state index contributed by atoms with van der Waals surface area (Å²) in [6.45, 7) is 7.53. The third-order valence-electron chi connectivity index (χ3n) is 1.64. The van der Waals surface area contributed by atoms with Crippen molar-refractivity contribution in [2.75, 3.05) is 6.61 Å². The lowest BCUT2D eigenvalue weighted by molar-refractivity contribution is -0.146. The lowest BCUT2D eigenvalue weighted by atomic mass is 10.2. The molecule has 6 heteroatoms. The molecular weight excluding hydrogens is 182 g/mol. The Balaban J connectivity index is 2.84. The van der Waals surface area contributed by atoms with Gasteiger partial charge in [0, 0.05) is 0 Å². The van der Waals surface area contributed by atoms with Crippen LogP contribution in [0, 0.1) is 0 Å². The van der Waals surface area contributed by atoms with E-state index in [1.54, 1.807) is 6.08 Å². The Hall–Kier alpha value is -1.56. The molecule has 0 aliphatic carbocycles. The van der Waals surface area contributed by atoms with E-state index in [-0.39, 0.29) is 11.9 Å². The second-order valence-corrected chi connectivity index (χ2v) is 3.31.